The lowest BCUT2D eigenvalue weighted by molar-refractivity contribution is -0.00735. The second-order valence-electron chi connectivity index (χ2n) is 6.79. The molecule has 5 heteroatoms. The molecule has 1 aliphatic carbocycles. The van der Waals surface area contributed by atoms with Crippen LogP contribution in [0.15, 0.2) is 54.9 Å². The third-order valence-corrected chi connectivity index (χ3v) is 5.01. The zero-order valence-corrected chi connectivity index (χ0v) is 14.5. The largest absolute Gasteiger partial charge is 0.385 e. The molecule has 25 heavy (non-hydrogen) atoms. The van der Waals surface area contributed by atoms with Gasteiger partial charge in [-0.15, -0.1) is 0 Å². The van der Waals surface area contributed by atoms with Crippen molar-refractivity contribution in [3.63, 3.8) is 0 Å². The average molecular weight is 339 g/mol. The molecule has 1 fully saturated rings. The van der Waals surface area contributed by atoms with Crippen molar-refractivity contribution >= 4 is 6.03 Å². The molecule has 1 saturated carbocycles. The minimum Gasteiger partial charge on any atom is -0.385 e. The van der Waals surface area contributed by atoms with Gasteiger partial charge in [-0.05, 0) is 55.9 Å². The van der Waals surface area contributed by atoms with E-state index in [2.05, 4.69) is 15.6 Å². The van der Waals surface area contributed by atoms with Gasteiger partial charge in [0.1, 0.15) is 0 Å². The average Bonchev–Trinajstić information content (AvgIpc) is 2.65. The Morgan fingerprint density at radius 2 is 1.80 bits per heavy atom. The van der Waals surface area contributed by atoms with Crippen molar-refractivity contribution in [2.75, 3.05) is 0 Å². The number of aliphatic hydroxyl groups is 1. The molecule has 2 amide bonds. The van der Waals surface area contributed by atoms with E-state index >= 15 is 0 Å². The van der Waals surface area contributed by atoms with E-state index in [9.17, 15) is 9.90 Å². The van der Waals surface area contributed by atoms with Gasteiger partial charge in [0.15, 0.2) is 0 Å². The van der Waals surface area contributed by atoms with Gasteiger partial charge in [0.25, 0.3) is 0 Å². The maximum atomic E-state index is 12.2. The molecule has 0 unspecified atom stereocenters. The zero-order chi connectivity index (χ0) is 17.7. The lowest BCUT2D eigenvalue weighted by Crippen LogP contribution is -2.46. The van der Waals surface area contributed by atoms with Gasteiger partial charge in [-0.2, -0.15) is 0 Å². The Morgan fingerprint density at radius 1 is 1.16 bits per heavy atom. The molecule has 132 valence electrons. The van der Waals surface area contributed by atoms with Gasteiger partial charge in [-0.25, -0.2) is 4.79 Å². The minimum absolute atomic E-state index is 0.0761. The van der Waals surface area contributed by atoms with Crippen molar-refractivity contribution in [3.8, 4) is 0 Å². The number of pyridine rings is 1. The van der Waals surface area contributed by atoms with Crippen LogP contribution in [-0.2, 0) is 5.60 Å². The predicted octanol–water partition coefficient (Wildman–Crippen LogP) is 3.27. The van der Waals surface area contributed by atoms with E-state index in [0.29, 0.717) is 12.8 Å². The number of urea groups is 1. The number of carbonyl (C=O) groups is 1. The van der Waals surface area contributed by atoms with Crippen LogP contribution < -0.4 is 10.6 Å². The molecular weight excluding hydrogens is 314 g/mol. The van der Waals surface area contributed by atoms with Crippen LogP contribution in [0.5, 0.6) is 0 Å². The zero-order valence-electron chi connectivity index (χ0n) is 14.5. The molecule has 1 aromatic heterocycles. The lowest BCUT2D eigenvalue weighted by atomic mass is 9.78. The predicted molar refractivity (Wildman–Crippen MR) is 96.9 cm³/mol. The SMILES string of the molecule is C[C@H](NC(=O)NC1CCC(O)(c2ccccc2)CC1)c1ccncc1. The number of hydrogen-bond donors (Lipinski definition) is 3. The second kappa shape index (κ2) is 7.66. The molecule has 0 spiro atoms. The Morgan fingerprint density at radius 3 is 2.44 bits per heavy atom. The number of aromatic nitrogens is 1. The number of carbonyl (C=O) groups excluding carboxylic acids is 1. The molecule has 0 saturated heterocycles. The summed E-state index contributed by atoms with van der Waals surface area (Å²) in [4.78, 5) is 16.2. The highest BCUT2D eigenvalue weighted by atomic mass is 16.3. The summed E-state index contributed by atoms with van der Waals surface area (Å²) in [6.45, 7) is 1.95. The van der Waals surface area contributed by atoms with Crippen molar-refractivity contribution < 1.29 is 9.90 Å². The molecule has 1 aromatic carbocycles. The monoisotopic (exact) mass is 339 g/mol. The first kappa shape index (κ1) is 17.4. The van der Waals surface area contributed by atoms with Crippen molar-refractivity contribution in [1.82, 2.24) is 15.6 Å². The molecule has 1 atom stereocenters. The van der Waals surface area contributed by atoms with Gasteiger partial charge in [0.05, 0.1) is 11.6 Å². The maximum Gasteiger partial charge on any atom is 0.315 e. The number of nitrogens with zero attached hydrogens (tertiary/aromatic N) is 1. The number of amides is 2. The van der Waals surface area contributed by atoms with Gasteiger partial charge in [-0.1, -0.05) is 30.3 Å². The van der Waals surface area contributed by atoms with E-state index in [1.54, 1.807) is 12.4 Å². The van der Waals surface area contributed by atoms with Crippen LogP contribution in [0.25, 0.3) is 0 Å². The minimum atomic E-state index is -0.778. The first-order chi connectivity index (χ1) is 12.1. The number of hydrogen-bond acceptors (Lipinski definition) is 3. The quantitative estimate of drug-likeness (QED) is 0.800. The van der Waals surface area contributed by atoms with E-state index in [1.807, 2.05) is 49.4 Å². The van der Waals surface area contributed by atoms with Gasteiger partial charge in [0.2, 0.25) is 0 Å². The van der Waals surface area contributed by atoms with Gasteiger partial charge in [0, 0.05) is 18.4 Å². The maximum absolute atomic E-state index is 12.2. The molecule has 0 aliphatic heterocycles. The van der Waals surface area contributed by atoms with Crippen LogP contribution in [0.2, 0.25) is 0 Å². The fraction of sp³-hybridized carbons (Fsp3) is 0.400. The Bertz CT molecular complexity index is 683. The molecule has 1 aliphatic rings. The highest BCUT2D eigenvalue weighted by Gasteiger charge is 2.35. The normalized spacial score (nSPS) is 24.3. The highest BCUT2D eigenvalue weighted by molar-refractivity contribution is 5.74. The smallest absolute Gasteiger partial charge is 0.315 e. The van der Waals surface area contributed by atoms with Crippen molar-refractivity contribution in [2.45, 2.75) is 50.3 Å². The number of nitrogens with one attached hydrogen (secondary N) is 2. The molecule has 3 rings (SSSR count). The second-order valence-corrected chi connectivity index (χ2v) is 6.79. The van der Waals surface area contributed by atoms with Crippen molar-refractivity contribution in [2.24, 2.45) is 0 Å². The summed E-state index contributed by atoms with van der Waals surface area (Å²) < 4.78 is 0. The van der Waals surface area contributed by atoms with Crippen LogP contribution in [0.1, 0.15) is 49.8 Å². The summed E-state index contributed by atoms with van der Waals surface area (Å²) in [5.74, 6) is 0. The molecule has 2 aromatic rings. The Labute approximate surface area is 148 Å². The first-order valence-electron chi connectivity index (χ1n) is 8.82. The van der Waals surface area contributed by atoms with E-state index in [0.717, 1.165) is 24.0 Å². The van der Waals surface area contributed by atoms with Gasteiger partial charge >= 0.3 is 6.03 Å². The van der Waals surface area contributed by atoms with E-state index in [-0.39, 0.29) is 18.1 Å². The number of rotatable bonds is 4. The van der Waals surface area contributed by atoms with Gasteiger partial charge < -0.3 is 15.7 Å². The van der Waals surface area contributed by atoms with E-state index in [4.69, 9.17) is 0 Å². The van der Waals surface area contributed by atoms with Gasteiger partial charge in [-0.3, -0.25) is 4.98 Å². The molecule has 3 N–H and O–H groups in total. The Hall–Kier alpha value is -2.40. The molecule has 1 heterocycles. The molecule has 0 bridgehead atoms. The van der Waals surface area contributed by atoms with Crippen molar-refractivity contribution in [3.05, 3.63) is 66.0 Å². The van der Waals surface area contributed by atoms with Crippen LogP contribution >= 0.6 is 0 Å². The highest BCUT2D eigenvalue weighted by Crippen LogP contribution is 2.36. The van der Waals surface area contributed by atoms with Crippen LogP contribution in [0.4, 0.5) is 4.79 Å². The van der Waals surface area contributed by atoms with Crippen LogP contribution in [0, 0.1) is 0 Å². The van der Waals surface area contributed by atoms with E-state index in [1.165, 1.54) is 0 Å². The molecule has 0 radical (unpaired) electrons. The summed E-state index contributed by atoms with van der Waals surface area (Å²) >= 11 is 0. The summed E-state index contributed by atoms with van der Waals surface area (Å²) in [7, 11) is 0. The third kappa shape index (κ3) is 4.37. The molecule has 5 nitrogen and oxygen atoms in total. The Balaban J connectivity index is 1.50. The third-order valence-electron chi connectivity index (χ3n) is 5.01. The summed E-state index contributed by atoms with van der Waals surface area (Å²) in [5.41, 5.74) is 1.21. The number of benzene rings is 1. The summed E-state index contributed by atoms with van der Waals surface area (Å²) in [6, 6.07) is 13.4. The summed E-state index contributed by atoms with van der Waals surface area (Å²) in [5, 5.41) is 16.8. The van der Waals surface area contributed by atoms with Crippen LogP contribution in [-0.4, -0.2) is 22.2 Å². The fourth-order valence-corrected chi connectivity index (χ4v) is 3.44. The molecular formula is C20H25N3O2. The fourth-order valence-electron chi connectivity index (χ4n) is 3.44. The van der Waals surface area contributed by atoms with Crippen LogP contribution in [0.3, 0.4) is 0 Å². The summed E-state index contributed by atoms with van der Waals surface area (Å²) in [6.07, 6.45) is 6.28. The lowest BCUT2D eigenvalue weighted by Gasteiger charge is -2.36. The van der Waals surface area contributed by atoms with E-state index < -0.39 is 5.60 Å². The first-order valence-corrected chi connectivity index (χ1v) is 8.82. The van der Waals surface area contributed by atoms with Crippen molar-refractivity contribution in [1.29, 1.82) is 0 Å². The standard InChI is InChI=1S/C20H25N3O2/c1-15(16-9-13-21-14-10-16)22-19(24)23-18-7-11-20(25,12-8-18)17-5-3-2-4-6-17/h2-6,9-10,13-15,18,25H,7-8,11-12H2,1H3,(H2,22,23,24)/t15-,18?,20?/m0/s1. The Kier molecular flexibility index (Phi) is 5.34. The topological polar surface area (TPSA) is 74.2 Å².